The zero-order valence-corrected chi connectivity index (χ0v) is 24.0. The number of phenols is 1. The van der Waals surface area contributed by atoms with Gasteiger partial charge in [-0.2, -0.15) is 0 Å². The van der Waals surface area contributed by atoms with Crippen molar-refractivity contribution in [2.24, 2.45) is 7.05 Å². The number of aromatic nitrogens is 1. The highest BCUT2D eigenvalue weighted by molar-refractivity contribution is 6.01. The lowest BCUT2D eigenvalue weighted by molar-refractivity contribution is -0.671. The van der Waals surface area contributed by atoms with Crippen LogP contribution >= 0.6 is 0 Å². The summed E-state index contributed by atoms with van der Waals surface area (Å²) in [6, 6.07) is 11.2. The SMILES string of the molecule is C1CCC1.C1CCC1.CN1C=CC(=CC=C2C=CC(=O)C=C2)C=C1.C[n+]1ccc(/C=C/c2ccc(O)cc2)cc1. The van der Waals surface area contributed by atoms with Crippen LogP contribution in [0.1, 0.15) is 62.5 Å². The van der Waals surface area contributed by atoms with Crippen molar-refractivity contribution in [3.8, 4) is 5.75 Å². The predicted octanol–water partition coefficient (Wildman–Crippen LogP) is 8.02. The molecule has 0 bridgehead atoms. The molecule has 0 spiro atoms. The Morgan fingerprint density at radius 2 is 1.07 bits per heavy atom. The maximum Gasteiger partial charge on any atom is 0.178 e. The van der Waals surface area contributed by atoms with E-state index in [-0.39, 0.29) is 5.78 Å². The first-order chi connectivity index (χ1) is 19.5. The number of hydrogen-bond acceptors (Lipinski definition) is 3. The third kappa shape index (κ3) is 12.6. The van der Waals surface area contributed by atoms with Gasteiger partial charge in [0.15, 0.2) is 18.2 Å². The molecule has 2 fully saturated rings. The van der Waals surface area contributed by atoms with E-state index in [4.69, 9.17) is 5.11 Å². The molecule has 208 valence electrons. The predicted molar refractivity (Wildman–Crippen MR) is 167 cm³/mol. The quantitative estimate of drug-likeness (QED) is 0.405. The largest absolute Gasteiger partial charge is 0.508 e. The van der Waals surface area contributed by atoms with E-state index in [1.165, 1.54) is 51.4 Å². The number of phenolic OH excluding ortho intramolecular Hbond substituents is 1. The van der Waals surface area contributed by atoms with Crippen molar-refractivity contribution in [3.63, 3.8) is 0 Å². The van der Waals surface area contributed by atoms with E-state index in [1.807, 2.05) is 109 Å². The molecule has 4 aliphatic rings. The molecule has 3 aliphatic carbocycles. The second kappa shape index (κ2) is 17.4. The van der Waals surface area contributed by atoms with Crippen LogP contribution in [0.5, 0.6) is 5.75 Å². The summed E-state index contributed by atoms with van der Waals surface area (Å²) in [5.74, 6) is 0.341. The first-order valence-corrected chi connectivity index (χ1v) is 14.3. The maximum absolute atomic E-state index is 10.9. The van der Waals surface area contributed by atoms with Gasteiger partial charge in [0.05, 0.1) is 0 Å². The Morgan fingerprint density at radius 1 is 0.650 bits per heavy atom. The molecule has 1 N–H and O–H groups in total. The van der Waals surface area contributed by atoms with Gasteiger partial charge in [-0.15, -0.1) is 0 Å². The number of hydrogen-bond donors (Lipinski definition) is 1. The minimum absolute atomic E-state index is 0.0453. The lowest BCUT2D eigenvalue weighted by Gasteiger charge is -2.11. The number of rotatable bonds is 3. The Balaban J connectivity index is 0.000000172. The molecule has 1 aromatic carbocycles. The molecule has 0 saturated heterocycles. The summed E-state index contributed by atoms with van der Waals surface area (Å²) < 4.78 is 2.00. The van der Waals surface area contributed by atoms with Crippen molar-refractivity contribution in [3.05, 3.63) is 132 Å². The Bertz CT molecular complexity index is 1170. The molecule has 4 heteroatoms. The smallest absolute Gasteiger partial charge is 0.178 e. The van der Waals surface area contributed by atoms with E-state index in [0.717, 1.165) is 22.3 Å². The van der Waals surface area contributed by atoms with E-state index in [2.05, 4.69) is 12.1 Å². The van der Waals surface area contributed by atoms with Crippen molar-refractivity contribution in [2.75, 3.05) is 7.05 Å². The lowest BCUT2D eigenvalue weighted by atomic mass is 10.0. The highest BCUT2D eigenvalue weighted by atomic mass is 16.3. The third-order valence-corrected chi connectivity index (χ3v) is 6.72. The van der Waals surface area contributed by atoms with Gasteiger partial charge in [-0.1, -0.05) is 100.0 Å². The van der Waals surface area contributed by atoms with Gasteiger partial charge in [-0.25, -0.2) is 4.57 Å². The van der Waals surface area contributed by atoms with Gasteiger partial charge < -0.3 is 10.0 Å². The average Bonchev–Trinajstić information content (AvgIpc) is 2.88. The number of nitrogens with zero attached hydrogens (tertiary/aromatic N) is 2. The number of ketones is 1. The molecule has 1 aliphatic heterocycles. The molecule has 0 atom stereocenters. The second-order valence-electron chi connectivity index (χ2n) is 10.2. The molecular formula is C36H43N2O2+. The van der Waals surface area contributed by atoms with Crippen LogP contribution in [-0.2, 0) is 11.8 Å². The van der Waals surface area contributed by atoms with Gasteiger partial charge in [-0.05, 0) is 58.7 Å². The van der Waals surface area contributed by atoms with Gasteiger partial charge in [0, 0.05) is 31.6 Å². The van der Waals surface area contributed by atoms with E-state index >= 15 is 0 Å². The number of benzene rings is 1. The van der Waals surface area contributed by atoms with Crippen LogP contribution in [0.2, 0.25) is 0 Å². The van der Waals surface area contributed by atoms with Crippen molar-refractivity contribution < 1.29 is 14.5 Å². The van der Waals surface area contributed by atoms with Gasteiger partial charge in [0.25, 0.3) is 0 Å². The fourth-order valence-electron chi connectivity index (χ4n) is 3.30. The van der Waals surface area contributed by atoms with Crippen LogP contribution in [-0.4, -0.2) is 22.8 Å². The maximum atomic E-state index is 10.9. The van der Waals surface area contributed by atoms with Crippen molar-refractivity contribution in [1.29, 1.82) is 0 Å². The van der Waals surface area contributed by atoms with Crippen LogP contribution in [0.4, 0.5) is 0 Å². The van der Waals surface area contributed by atoms with E-state index in [9.17, 15) is 4.79 Å². The van der Waals surface area contributed by atoms with Crippen molar-refractivity contribution in [2.45, 2.75) is 51.4 Å². The summed E-state index contributed by atoms with van der Waals surface area (Å²) in [7, 11) is 3.98. The third-order valence-electron chi connectivity index (χ3n) is 6.72. The van der Waals surface area contributed by atoms with Gasteiger partial charge in [0.1, 0.15) is 12.8 Å². The number of pyridine rings is 1. The molecule has 2 saturated carbocycles. The van der Waals surface area contributed by atoms with Crippen molar-refractivity contribution in [1.82, 2.24) is 4.90 Å². The molecule has 0 radical (unpaired) electrons. The average molecular weight is 536 g/mol. The Labute approximate surface area is 240 Å². The molecule has 40 heavy (non-hydrogen) atoms. The second-order valence-corrected chi connectivity index (χ2v) is 10.2. The first-order valence-electron chi connectivity index (χ1n) is 14.3. The van der Waals surface area contributed by atoms with Crippen LogP contribution in [0.15, 0.2) is 121 Å². The fraction of sp³-hybridized carbons (Fsp3) is 0.278. The van der Waals surface area contributed by atoms with Crippen LogP contribution in [0.3, 0.4) is 0 Å². The highest BCUT2D eigenvalue weighted by Crippen LogP contribution is 2.16. The molecule has 1 aromatic heterocycles. The highest BCUT2D eigenvalue weighted by Gasteiger charge is 1.98. The molecule has 2 heterocycles. The van der Waals surface area contributed by atoms with Crippen LogP contribution in [0.25, 0.3) is 12.2 Å². The minimum Gasteiger partial charge on any atom is -0.508 e. The number of carbonyl (C=O) groups is 1. The van der Waals surface area contributed by atoms with Gasteiger partial charge in [-0.3, -0.25) is 4.79 Å². The van der Waals surface area contributed by atoms with E-state index in [1.54, 1.807) is 24.3 Å². The minimum atomic E-state index is 0.0453. The Hall–Kier alpha value is -4.18. The molecule has 2 aromatic rings. The van der Waals surface area contributed by atoms with E-state index < -0.39 is 0 Å². The number of aryl methyl sites for hydroxylation is 1. The van der Waals surface area contributed by atoms with Crippen LogP contribution < -0.4 is 4.57 Å². The van der Waals surface area contributed by atoms with E-state index in [0.29, 0.717) is 5.75 Å². The summed E-state index contributed by atoms with van der Waals surface area (Å²) >= 11 is 0. The van der Waals surface area contributed by atoms with Crippen LogP contribution in [0, 0.1) is 0 Å². The number of allylic oxidation sites excluding steroid dienone is 10. The summed E-state index contributed by atoms with van der Waals surface area (Å²) in [4.78, 5) is 12.9. The molecule has 0 unspecified atom stereocenters. The molecule has 6 rings (SSSR count). The number of aromatic hydroxyl groups is 1. The first kappa shape index (κ1) is 30.4. The Kier molecular flexibility index (Phi) is 13.2. The lowest BCUT2D eigenvalue weighted by Crippen LogP contribution is -2.25. The zero-order valence-electron chi connectivity index (χ0n) is 24.0. The van der Waals surface area contributed by atoms with Gasteiger partial charge in [0.2, 0.25) is 0 Å². The molecular weight excluding hydrogens is 492 g/mol. The standard InChI is InChI=1S/2C14H13NO.2C4H8/c2*1-15-10-8-13(9-11-15)3-2-12-4-6-14(16)7-5-12;2*1-2-4-3-1/h2*2-11H,1H3;2*1-4H2/p+1. The summed E-state index contributed by atoms with van der Waals surface area (Å²) in [6.07, 6.45) is 39.0. The zero-order chi connectivity index (χ0) is 28.4. The normalized spacial score (nSPS) is 16.4. The summed E-state index contributed by atoms with van der Waals surface area (Å²) in [5, 5.41) is 9.15. The molecule has 0 amide bonds. The fourth-order valence-corrected chi connectivity index (χ4v) is 3.30. The monoisotopic (exact) mass is 535 g/mol. The topological polar surface area (TPSA) is 44.4 Å². The van der Waals surface area contributed by atoms with Gasteiger partial charge >= 0.3 is 0 Å². The summed E-state index contributed by atoms with van der Waals surface area (Å²) in [6.45, 7) is 0. The molecule has 4 nitrogen and oxygen atoms in total. The number of carbonyl (C=O) groups excluding carboxylic acids is 1. The summed E-state index contributed by atoms with van der Waals surface area (Å²) in [5.41, 5.74) is 4.41. The van der Waals surface area contributed by atoms with Crippen molar-refractivity contribution >= 4 is 17.9 Å². The Morgan fingerprint density at radius 3 is 1.52 bits per heavy atom.